The Morgan fingerprint density at radius 3 is 2.80 bits per heavy atom. The van der Waals surface area contributed by atoms with Crippen LogP contribution in [0.3, 0.4) is 0 Å². The number of quaternary nitrogens is 1. The lowest BCUT2D eigenvalue weighted by molar-refractivity contribution is -0.933. The molecule has 0 amide bonds. The third-order valence-electron chi connectivity index (χ3n) is 2.57. The Hall–Kier alpha value is -0.150. The van der Waals surface area contributed by atoms with Crippen LogP contribution in [-0.2, 0) is 0 Å². The van der Waals surface area contributed by atoms with E-state index < -0.39 is 0 Å². The lowest BCUT2D eigenvalue weighted by atomic mass is 10.2. The van der Waals surface area contributed by atoms with E-state index in [0.29, 0.717) is 4.48 Å². The SMILES string of the molecule is C[N+]1(CF)CCCC1CO. The molecule has 2 unspecified atom stereocenters. The van der Waals surface area contributed by atoms with E-state index in [1.807, 2.05) is 7.05 Å². The Kier molecular flexibility index (Phi) is 2.26. The molecule has 0 aromatic heterocycles. The topological polar surface area (TPSA) is 20.2 Å². The Morgan fingerprint density at radius 1 is 1.70 bits per heavy atom. The highest BCUT2D eigenvalue weighted by Crippen LogP contribution is 2.23. The molecule has 2 atom stereocenters. The fourth-order valence-electron chi connectivity index (χ4n) is 1.63. The van der Waals surface area contributed by atoms with Gasteiger partial charge in [0.1, 0.15) is 6.04 Å². The molecule has 0 aromatic rings. The van der Waals surface area contributed by atoms with Crippen molar-refractivity contribution in [2.75, 3.05) is 27.0 Å². The molecule has 0 aromatic carbocycles. The van der Waals surface area contributed by atoms with Gasteiger partial charge >= 0.3 is 0 Å². The van der Waals surface area contributed by atoms with Gasteiger partial charge in [0.15, 0.2) is 0 Å². The summed E-state index contributed by atoms with van der Waals surface area (Å²) >= 11 is 0. The molecule has 3 heteroatoms. The molecule has 1 aliphatic rings. The fourth-order valence-corrected chi connectivity index (χ4v) is 1.63. The van der Waals surface area contributed by atoms with Gasteiger partial charge in [-0.1, -0.05) is 0 Å². The highest BCUT2D eigenvalue weighted by atomic mass is 19.1. The third kappa shape index (κ3) is 1.16. The van der Waals surface area contributed by atoms with Crippen molar-refractivity contribution >= 4 is 0 Å². The predicted molar refractivity (Wildman–Crippen MR) is 37.1 cm³/mol. The maximum absolute atomic E-state index is 12.4. The normalized spacial score (nSPS) is 40.5. The van der Waals surface area contributed by atoms with Crippen LogP contribution in [0, 0.1) is 0 Å². The maximum atomic E-state index is 12.4. The summed E-state index contributed by atoms with van der Waals surface area (Å²) in [4.78, 5) is 0. The Bertz CT molecular complexity index is 120. The number of halogens is 1. The first-order valence-electron chi connectivity index (χ1n) is 3.74. The van der Waals surface area contributed by atoms with Gasteiger partial charge in [0.05, 0.1) is 20.2 Å². The average Bonchev–Trinajstić information content (AvgIpc) is 2.32. The van der Waals surface area contributed by atoms with Crippen LogP contribution in [0.4, 0.5) is 4.39 Å². The number of aliphatic hydroxyl groups excluding tert-OH is 1. The highest BCUT2D eigenvalue weighted by Gasteiger charge is 2.36. The smallest absolute Gasteiger partial charge is 0.222 e. The number of alkyl halides is 1. The summed E-state index contributed by atoms with van der Waals surface area (Å²) < 4.78 is 12.8. The molecule has 1 aliphatic heterocycles. The van der Waals surface area contributed by atoms with Gasteiger partial charge in [0.25, 0.3) is 0 Å². The van der Waals surface area contributed by atoms with Crippen molar-refractivity contribution in [3.8, 4) is 0 Å². The van der Waals surface area contributed by atoms with E-state index in [2.05, 4.69) is 0 Å². The molecule has 0 saturated carbocycles. The van der Waals surface area contributed by atoms with E-state index in [9.17, 15) is 4.39 Å². The van der Waals surface area contributed by atoms with Gasteiger partial charge in [-0.15, -0.1) is 0 Å². The van der Waals surface area contributed by atoms with Crippen molar-refractivity contribution in [2.24, 2.45) is 0 Å². The molecule has 0 radical (unpaired) electrons. The Labute approximate surface area is 60.9 Å². The predicted octanol–water partition coefficient (Wildman–Crippen LogP) is 0.515. The largest absolute Gasteiger partial charge is 0.390 e. The first-order chi connectivity index (χ1) is 4.73. The molecule has 2 nitrogen and oxygen atoms in total. The number of hydrogen-bond acceptors (Lipinski definition) is 1. The van der Waals surface area contributed by atoms with Gasteiger partial charge in [0, 0.05) is 12.8 Å². The van der Waals surface area contributed by atoms with E-state index in [1.165, 1.54) is 0 Å². The van der Waals surface area contributed by atoms with Crippen LogP contribution in [0.1, 0.15) is 12.8 Å². The van der Waals surface area contributed by atoms with Gasteiger partial charge in [-0.25, -0.2) is 0 Å². The van der Waals surface area contributed by atoms with Gasteiger partial charge in [-0.3, -0.25) is 4.48 Å². The highest BCUT2D eigenvalue weighted by molar-refractivity contribution is 4.64. The zero-order valence-electron chi connectivity index (χ0n) is 6.39. The second-order valence-corrected chi connectivity index (χ2v) is 3.30. The van der Waals surface area contributed by atoms with E-state index in [4.69, 9.17) is 5.11 Å². The lowest BCUT2D eigenvalue weighted by Gasteiger charge is -2.31. The number of hydrogen-bond donors (Lipinski definition) is 1. The lowest BCUT2D eigenvalue weighted by Crippen LogP contribution is -2.48. The van der Waals surface area contributed by atoms with Crippen molar-refractivity contribution in [2.45, 2.75) is 18.9 Å². The second kappa shape index (κ2) is 2.84. The Balaban J connectivity index is 2.56. The summed E-state index contributed by atoms with van der Waals surface area (Å²) in [5.41, 5.74) is 0. The molecule has 1 heterocycles. The summed E-state index contributed by atoms with van der Waals surface area (Å²) in [5, 5.41) is 8.85. The molecular weight excluding hydrogens is 133 g/mol. The van der Waals surface area contributed by atoms with Crippen molar-refractivity contribution in [3.63, 3.8) is 0 Å². The minimum absolute atomic E-state index is 0.125. The minimum Gasteiger partial charge on any atom is -0.390 e. The molecule has 1 N–H and O–H groups in total. The minimum atomic E-state index is -0.342. The molecule has 1 fully saturated rings. The van der Waals surface area contributed by atoms with Crippen LogP contribution in [0.15, 0.2) is 0 Å². The van der Waals surface area contributed by atoms with Gasteiger partial charge in [0.2, 0.25) is 6.80 Å². The molecule has 0 bridgehead atoms. The zero-order chi connectivity index (χ0) is 7.61. The third-order valence-corrected chi connectivity index (χ3v) is 2.57. The van der Waals surface area contributed by atoms with Crippen LogP contribution in [0.2, 0.25) is 0 Å². The van der Waals surface area contributed by atoms with Crippen LogP contribution in [0.5, 0.6) is 0 Å². The molecular formula is C7H15FNO+. The van der Waals surface area contributed by atoms with E-state index in [-0.39, 0.29) is 19.4 Å². The van der Waals surface area contributed by atoms with Crippen molar-refractivity contribution < 1.29 is 14.0 Å². The molecule has 1 saturated heterocycles. The van der Waals surface area contributed by atoms with E-state index >= 15 is 0 Å². The summed E-state index contributed by atoms with van der Waals surface area (Å²) in [7, 11) is 1.87. The standard InChI is InChI=1S/C7H15FNO/c1-9(6-8)4-2-3-7(9)5-10/h7,10H,2-6H2,1H3/q+1. The molecule has 1 rings (SSSR count). The average molecular weight is 148 g/mol. The van der Waals surface area contributed by atoms with Crippen LogP contribution in [0.25, 0.3) is 0 Å². The van der Waals surface area contributed by atoms with Crippen LogP contribution >= 0.6 is 0 Å². The number of nitrogens with zero attached hydrogens (tertiary/aromatic N) is 1. The number of aliphatic hydroxyl groups is 1. The Morgan fingerprint density at radius 2 is 2.40 bits per heavy atom. The number of likely N-dealkylation sites (tertiary alicyclic amines) is 1. The van der Waals surface area contributed by atoms with Crippen LogP contribution < -0.4 is 0 Å². The molecule has 0 spiro atoms. The van der Waals surface area contributed by atoms with Gasteiger partial charge < -0.3 is 5.11 Å². The first kappa shape index (κ1) is 7.95. The molecule has 0 aliphatic carbocycles. The van der Waals surface area contributed by atoms with E-state index in [1.54, 1.807) is 0 Å². The number of rotatable bonds is 2. The second-order valence-electron chi connectivity index (χ2n) is 3.30. The first-order valence-corrected chi connectivity index (χ1v) is 3.74. The van der Waals surface area contributed by atoms with Crippen molar-refractivity contribution in [3.05, 3.63) is 0 Å². The summed E-state index contributed by atoms with van der Waals surface area (Å²) in [6, 6.07) is 0.144. The fraction of sp³-hybridized carbons (Fsp3) is 1.00. The van der Waals surface area contributed by atoms with E-state index in [0.717, 1.165) is 19.4 Å². The molecule has 10 heavy (non-hydrogen) atoms. The van der Waals surface area contributed by atoms with Crippen molar-refractivity contribution in [1.82, 2.24) is 0 Å². The van der Waals surface area contributed by atoms with Crippen molar-refractivity contribution in [1.29, 1.82) is 0 Å². The molecule has 60 valence electrons. The summed E-state index contributed by atoms with van der Waals surface area (Å²) in [5.74, 6) is 0. The zero-order valence-corrected chi connectivity index (χ0v) is 6.39. The monoisotopic (exact) mass is 148 g/mol. The van der Waals surface area contributed by atoms with Gasteiger partial charge in [-0.2, -0.15) is 4.39 Å². The summed E-state index contributed by atoms with van der Waals surface area (Å²) in [6.45, 7) is 0.660. The van der Waals surface area contributed by atoms with Crippen LogP contribution in [-0.4, -0.2) is 42.6 Å². The quantitative estimate of drug-likeness (QED) is 0.447. The van der Waals surface area contributed by atoms with Gasteiger partial charge in [-0.05, 0) is 0 Å². The number of likely N-dealkylation sites (N-methyl/N-ethyl adjacent to an activating group) is 1. The summed E-state index contributed by atoms with van der Waals surface area (Å²) in [6.07, 6.45) is 2.02. The maximum Gasteiger partial charge on any atom is 0.222 e.